The lowest BCUT2D eigenvalue weighted by Gasteiger charge is -2.06. The second-order valence-corrected chi connectivity index (χ2v) is 5.50. The first kappa shape index (κ1) is 16.4. The van der Waals surface area contributed by atoms with Gasteiger partial charge in [-0.3, -0.25) is 9.78 Å². The highest BCUT2D eigenvalue weighted by Gasteiger charge is 2.09. The minimum atomic E-state index is -0.519. The SMILES string of the molecule is CCCCCc1ccc(C(=O)Nc2ccc(F)c(Cl)c2)nc1. The van der Waals surface area contributed by atoms with Crippen LogP contribution in [0.3, 0.4) is 0 Å². The number of benzene rings is 1. The summed E-state index contributed by atoms with van der Waals surface area (Å²) in [5.41, 5.74) is 1.87. The Morgan fingerprint density at radius 2 is 2.09 bits per heavy atom. The number of halogens is 2. The molecule has 0 saturated heterocycles. The number of carbonyl (C=O) groups is 1. The van der Waals surface area contributed by atoms with Crippen LogP contribution in [0.5, 0.6) is 0 Å². The van der Waals surface area contributed by atoms with E-state index in [1.807, 2.05) is 6.07 Å². The summed E-state index contributed by atoms with van der Waals surface area (Å²) in [7, 11) is 0. The van der Waals surface area contributed by atoms with Crippen LogP contribution in [-0.2, 0) is 6.42 Å². The van der Waals surface area contributed by atoms with E-state index in [2.05, 4.69) is 17.2 Å². The summed E-state index contributed by atoms with van der Waals surface area (Å²) in [6, 6.07) is 7.64. The van der Waals surface area contributed by atoms with Gasteiger partial charge in [0.25, 0.3) is 5.91 Å². The van der Waals surface area contributed by atoms with Gasteiger partial charge in [-0.1, -0.05) is 37.4 Å². The van der Waals surface area contributed by atoms with E-state index >= 15 is 0 Å². The summed E-state index contributed by atoms with van der Waals surface area (Å²) in [5.74, 6) is -0.864. The molecule has 3 nitrogen and oxygen atoms in total. The Hall–Kier alpha value is -1.94. The van der Waals surface area contributed by atoms with Crippen LogP contribution in [0.1, 0.15) is 42.2 Å². The number of aromatic nitrogens is 1. The molecule has 2 aromatic rings. The predicted octanol–water partition coefficient (Wildman–Crippen LogP) is 4.86. The smallest absolute Gasteiger partial charge is 0.274 e. The minimum absolute atomic E-state index is 0.0305. The average Bonchev–Trinajstić information content (AvgIpc) is 2.52. The molecule has 0 bridgehead atoms. The average molecular weight is 321 g/mol. The van der Waals surface area contributed by atoms with Crippen LogP contribution in [0.2, 0.25) is 5.02 Å². The van der Waals surface area contributed by atoms with Crippen molar-refractivity contribution in [1.82, 2.24) is 4.98 Å². The molecule has 116 valence electrons. The number of nitrogens with zero attached hydrogens (tertiary/aromatic N) is 1. The molecule has 0 radical (unpaired) electrons. The third-order valence-corrected chi connectivity index (χ3v) is 3.59. The number of amides is 1. The summed E-state index contributed by atoms with van der Waals surface area (Å²) >= 11 is 5.68. The van der Waals surface area contributed by atoms with Crippen LogP contribution in [0.15, 0.2) is 36.5 Å². The fraction of sp³-hybridized carbons (Fsp3) is 0.294. The van der Waals surface area contributed by atoms with E-state index in [1.54, 1.807) is 12.3 Å². The Balaban J connectivity index is 1.98. The molecule has 5 heteroatoms. The number of pyridine rings is 1. The van der Waals surface area contributed by atoms with Gasteiger partial charge in [-0.05, 0) is 42.7 Å². The molecule has 0 aliphatic heterocycles. The third-order valence-electron chi connectivity index (χ3n) is 3.30. The van der Waals surface area contributed by atoms with Gasteiger partial charge in [0.15, 0.2) is 0 Å². The standard InChI is InChI=1S/C17H18ClFN2O/c1-2-3-4-5-12-6-9-16(20-11-12)17(22)21-13-7-8-15(19)14(18)10-13/h6-11H,2-5H2,1H3,(H,21,22). The molecular formula is C17H18ClFN2O. The number of rotatable bonds is 6. The van der Waals surface area contributed by atoms with Gasteiger partial charge < -0.3 is 5.32 Å². The molecule has 1 aromatic carbocycles. The molecule has 0 aliphatic rings. The molecule has 22 heavy (non-hydrogen) atoms. The van der Waals surface area contributed by atoms with Gasteiger partial charge in [-0.15, -0.1) is 0 Å². The molecule has 1 aromatic heterocycles. The fourth-order valence-corrected chi connectivity index (χ4v) is 2.24. The maximum Gasteiger partial charge on any atom is 0.274 e. The zero-order chi connectivity index (χ0) is 15.9. The Kier molecular flexibility index (Phi) is 5.90. The Morgan fingerprint density at radius 1 is 1.27 bits per heavy atom. The monoisotopic (exact) mass is 320 g/mol. The highest BCUT2D eigenvalue weighted by Crippen LogP contribution is 2.19. The number of carbonyl (C=O) groups excluding carboxylic acids is 1. The van der Waals surface area contributed by atoms with Crippen molar-refractivity contribution >= 4 is 23.2 Å². The molecule has 1 heterocycles. The Bertz CT molecular complexity index is 644. The van der Waals surface area contributed by atoms with E-state index in [0.29, 0.717) is 11.4 Å². The summed E-state index contributed by atoms with van der Waals surface area (Å²) in [6.07, 6.45) is 6.18. The molecule has 0 fully saturated rings. The summed E-state index contributed by atoms with van der Waals surface area (Å²) in [6.45, 7) is 2.16. The van der Waals surface area contributed by atoms with Crippen LogP contribution in [0.25, 0.3) is 0 Å². The Morgan fingerprint density at radius 3 is 2.73 bits per heavy atom. The maximum atomic E-state index is 13.1. The first-order valence-electron chi connectivity index (χ1n) is 7.31. The topological polar surface area (TPSA) is 42.0 Å². The lowest BCUT2D eigenvalue weighted by atomic mass is 10.1. The number of unbranched alkanes of at least 4 members (excludes halogenated alkanes) is 2. The van der Waals surface area contributed by atoms with Crippen LogP contribution >= 0.6 is 11.6 Å². The van der Waals surface area contributed by atoms with Gasteiger partial charge >= 0.3 is 0 Å². The Labute approximate surface area is 134 Å². The molecule has 0 atom stereocenters. The second kappa shape index (κ2) is 7.90. The van der Waals surface area contributed by atoms with Gasteiger partial charge in [0, 0.05) is 11.9 Å². The van der Waals surface area contributed by atoms with Crippen LogP contribution in [0.4, 0.5) is 10.1 Å². The third kappa shape index (κ3) is 4.53. The van der Waals surface area contributed by atoms with Gasteiger partial charge in [0.05, 0.1) is 5.02 Å². The summed E-state index contributed by atoms with van der Waals surface area (Å²) in [5, 5.41) is 2.61. The van der Waals surface area contributed by atoms with Gasteiger partial charge in [0.1, 0.15) is 11.5 Å². The van der Waals surface area contributed by atoms with E-state index in [0.717, 1.165) is 18.4 Å². The molecule has 2 rings (SSSR count). The van der Waals surface area contributed by atoms with Crippen molar-refractivity contribution in [3.63, 3.8) is 0 Å². The largest absolute Gasteiger partial charge is 0.321 e. The molecular weight excluding hydrogens is 303 g/mol. The van der Waals surface area contributed by atoms with Gasteiger partial charge in [-0.2, -0.15) is 0 Å². The first-order valence-corrected chi connectivity index (χ1v) is 7.69. The van der Waals surface area contributed by atoms with Crippen molar-refractivity contribution in [3.05, 3.63) is 58.6 Å². The minimum Gasteiger partial charge on any atom is -0.321 e. The number of aryl methyl sites for hydroxylation is 1. The number of hydrogen-bond donors (Lipinski definition) is 1. The summed E-state index contributed by atoms with van der Waals surface area (Å²) in [4.78, 5) is 16.2. The van der Waals surface area contributed by atoms with Crippen LogP contribution in [0, 0.1) is 5.82 Å². The van der Waals surface area contributed by atoms with E-state index in [4.69, 9.17) is 11.6 Å². The number of nitrogens with one attached hydrogen (secondary N) is 1. The van der Waals surface area contributed by atoms with Crippen molar-refractivity contribution in [2.75, 3.05) is 5.32 Å². The first-order chi connectivity index (χ1) is 10.6. The van der Waals surface area contributed by atoms with Crippen molar-refractivity contribution in [2.45, 2.75) is 32.6 Å². The predicted molar refractivity (Wildman–Crippen MR) is 86.8 cm³/mol. The second-order valence-electron chi connectivity index (χ2n) is 5.09. The lowest BCUT2D eigenvalue weighted by molar-refractivity contribution is 0.102. The zero-order valence-corrected chi connectivity index (χ0v) is 13.2. The van der Waals surface area contributed by atoms with E-state index in [9.17, 15) is 9.18 Å². The quantitative estimate of drug-likeness (QED) is 0.772. The van der Waals surface area contributed by atoms with E-state index < -0.39 is 5.82 Å². The highest BCUT2D eigenvalue weighted by atomic mass is 35.5. The van der Waals surface area contributed by atoms with Crippen LogP contribution in [-0.4, -0.2) is 10.9 Å². The summed E-state index contributed by atoms with van der Waals surface area (Å²) < 4.78 is 13.1. The van der Waals surface area contributed by atoms with E-state index in [1.165, 1.54) is 31.0 Å². The molecule has 1 amide bonds. The molecule has 0 aliphatic carbocycles. The molecule has 0 unspecified atom stereocenters. The molecule has 0 spiro atoms. The number of anilines is 1. The normalized spacial score (nSPS) is 10.5. The number of hydrogen-bond acceptors (Lipinski definition) is 2. The lowest BCUT2D eigenvalue weighted by Crippen LogP contribution is -2.13. The van der Waals surface area contributed by atoms with Crippen LogP contribution < -0.4 is 5.32 Å². The van der Waals surface area contributed by atoms with Crippen molar-refractivity contribution in [1.29, 1.82) is 0 Å². The van der Waals surface area contributed by atoms with Gasteiger partial charge in [0.2, 0.25) is 0 Å². The molecule has 0 saturated carbocycles. The van der Waals surface area contributed by atoms with Crippen molar-refractivity contribution < 1.29 is 9.18 Å². The van der Waals surface area contributed by atoms with E-state index in [-0.39, 0.29) is 10.9 Å². The van der Waals surface area contributed by atoms with Crippen molar-refractivity contribution in [3.8, 4) is 0 Å². The highest BCUT2D eigenvalue weighted by molar-refractivity contribution is 6.31. The maximum absolute atomic E-state index is 13.1. The zero-order valence-electron chi connectivity index (χ0n) is 12.4. The fourth-order valence-electron chi connectivity index (χ4n) is 2.05. The van der Waals surface area contributed by atoms with Gasteiger partial charge in [-0.25, -0.2) is 4.39 Å². The molecule has 1 N–H and O–H groups in total. The van der Waals surface area contributed by atoms with Crippen molar-refractivity contribution in [2.24, 2.45) is 0 Å².